The molecular weight excluding hydrogens is 378 g/mol. The lowest BCUT2D eigenvalue weighted by atomic mass is 9.86. The van der Waals surface area contributed by atoms with Crippen LogP contribution < -0.4 is 10.2 Å². The number of carbonyl (C=O) groups is 1. The Labute approximate surface area is 174 Å². The van der Waals surface area contributed by atoms with E-state index < -0.39 is 11.4 Å². The fourth-order valence-corrected chi connectivity index (χ4v) is 3.16. The van der Waals surface area contributed by atoms with Crippen LogP contribution in [0.2, 0.25) is 0 Å². The van der Waals surface area contributed by atoms with Crippen molar-refractivity contribution in [2.45, 2.75) is 26.2 Å². The first kappa shape index (κ1) is 19.6. The van der Waals surface area contributed by atoms with E-state index in [4.69, 9.17) is 9.15 Å². The van der Waals surface area contributed by atoms with Crippen molar-refractivity contribution in [3.05, 3.63) is 94.4 Å². The fraction of sp³-hybridized carbons (Fsp3) is 0.160. The molecule has 0 N–H and O–H groups in total. The van der Waals surface area contributed by atoms with Crippen molar-refractivity contribution in [2.24, 2.45) is 0 Å². The molecule has 0 spiro atoms. The minimum absolute atomic E-state index is 0.0155. The van der Waals surface area contributed by atoms with Gasteiger partial charge in [0.05, 0.1) is 10.9 Å². The maximum Gasteiger partial charge on any atom is 0.345 e. The van der Waals surface area contributed by atoms with Gasteiger partial charge < -0.3 is 9.15 Å². The van der Waals surface area contributed by atoms with Gasteiger partial charge in [-0.15, -0.1) is 0 Å². The van der Waals surface area contributed by atoms with Crippen molar-refractivity contribution in [3.8, 4) is 17.1 Å². The Balaban J connectivity index is 1.86. The summed E-state index contributed by atoms with van der Waals surface area (Å²) < 4.78 is 11.6. The van der Waals surface area contributed by atoms with Crippen LogP contribution in [0.4, 0.5) is 0 Å². The van der Waals surface area contributed by atoms with Gasteiger partial charge in [-0.2, -0.15) is 0 Å². The SMILES string of the molecule is CC(C)(C)c1ccc(-c2oc3ccccc3c(=O)c2OC(=O)c2cccnc2)cc1. The van der Waals surface area contributed by atoms with Crippen LogP contribution in [0, 0.1) is 0 Å². The molecule has 5 nitrogen and oxygen atoms in total. The third kappa shape index (κ3) is 3.74. The zero-order chi connectivity index (χ0) is 21.3. The molecule has 0 fully saturated rings. The van der Waals surface area contributed by atoms with Crippen LogP contribution in [0.1, 0.15) is 36.7 Å². The number of fused-ring (bicyclic) bond motifs is 1. The lowest BCUT2D eigenvalue weighted by Crippen LogP contribution is -2.16. The smallest absolute Gasteiger partial charge is 0.345 e. The average molecular weight is 399 g/mol. The van der Waals surface area contributed by atoms with Crippen molar-refractivity contribution in [1.29, 1.82) is 0 Å². The molecule has 0 amide bonds. The van der Waals surface area contributed by atoms with Gasteiger partial charge in [0.15, 0.2) is 5.76 Å². The summed E-state index contributed by atoms with van der Waals surface area (Å²) in [5.41, 5.74) is 2.06. The van der Waals surface area contributed by atoms with E-state index >= 15 is 0 Å². The Bertz CT molecular complexity index is 1270. The number of ether oxygens (including phenoxy) is 1. The maximum atomic E-state index is 13.2. The Kier molecular flexibility index (Phi) is 4.96. The second kappa shape index (κ2) is 7.59. The highest BCUT2D eigenvalue weighted by molar-refractivity contribution is 5.92. The molecule has 2 heterocycles. The Hall–Kier alpha value is -3.73. The minimum Gasteiger partial charge on any atom is -0.452 e. The van der Waals surface area contributed by atoms with Crippen LogP contribution in [0.3, 0.4) is 0 Å². The Morgan fingerprint density at radius 3 is 2.37 bits per heavy atom. The highest BCUT2D eigenvalue weighted by Crippen LogP contribution is 2.33. The number of hydrogen-bond donors (Lipinski definition) is 0. The molecule has 0 aliphatic heterocycles. The summed E-state index contributed by atoms with van der Waals surface area (Å²) in [6.07, 6.45) is 2.95. The van der Waals surface area contributed by atoms with E-state index in [-0.39, 0.29) is 22.5 Å². The number of benzene rings is 2. The van der Waals surface area contributed by atoms with Gasteiger partial charge in [-0.3, -0.25) is 9.78 Å². The van der Waals surface area contributed by atoms with Crippen LogP contribution in [-0.2, 0) is 5.41 Å². The zero-order valence-electron chi connectivity index (χ0n) is 17.0. The monoisotopic (exact) mass is 399 g/mol. The van der Waals surface area contributed by atoms with Crippen molar-refractivity contribution in [2.75, 3.05) is 0 Å². The standard InChI is InChI=1S/C25H21NO4/c1-25(2,3)18-12-10-16(11-13-18)22-23(30-24(28)17-7-6-14-26-15-17)21(27)19-8-4-5-9-20(19)29-22/h4-15H,1-3H3. The first-order valence-electron chi connectivity index (χ1n) is 9.63. The average Bonchev–Trinajstić information content (AvgIpc) is 2.75. The van der Waals surface area contributed by atoms with Crippen molar-refractivity contribution in [1.82, 2.24) is 4.98 Å². The molecule has 4 aromatic rings. The number of carbonyl (C=O) groups excluding carboxylic acids is 1. The summed E-state index contributed by atoms with van der Waals surface area (Å²) in [5, 5.41) is 0.349. The van der Waals surface area contributed by atoms with Gasteiger partial charge in [-0.1, -0.05) is 57.2 Å². The predicted octanol–water partition coefficient (Wildman–Crippen LogP) is 5.37. The van der Waals surface area contributed by atoms with Gasteiger partial charge in [0.2, 0.25) is 11.2 Å². The van der Waals surface area contributed by atoms with Crippen LogP contribution >= 0.6 is 0 Å². The number of nitrogens with zero attached hydrogens (tertiary/aromatic N) is 1. The van der Waals surface area contributed by atoms with E-state index in [1.165, 1.54) is 6.20 Å². The van der Waals surface area contributed by atoms with Crippen molar-refractivity contribution in [3.63, 3.8) is 0 Å². The number of rotatable bonds is 3. The van der Waals surface area contributed by atoms with E-state index in [2.05, 4.69) is 25.8 Å². The third-order valence-corrected chi connectivity index (χ3v) is 4.86. The lowest BCUT2D eigenvalue weighted by Gasteiger charge is -2.19. The zero-order valence-corrected chi connectivity index (χ0v) is 17.0. The molecule has 0 aliphatic carbocycles. The molecule has 0 saturated carbocycles. The van der Waals surface area contributed by atoms with Gasteiger partial charge in [0.25, 0.3) is 0 Å². The highest BCUT2D eigenvalue weighted by atomic mass is 16.5. The normalized spacial score (nSPS) is 11.4. The van der Waals surface area contributed by atoms with Gasteiger partial charge >= 0.3 is 5.97 Å². The summed E-state index contributed by atoms with van der Waals surface area (Å²) in [6.45, 7) is 6.37. The van der Waals surface area contributed by atoms with Crippen LogP contribution in [0.25, 0.3) is 22.3 Å². The quantitative estimate of drug-likeness (QED) is 0.433. The fourth-order valence-electron chi connectivity index (χ4n) is 3.16. The van der Waals surface area contributed by atoms with E-state index in [0.29, 0.717) is 16.5 Å². The molecule has 0 atom stereocenters. The van der Waals surface area contributed by atoms with Gasteiger partial charge in [0, 0.05) is 18.0 Å². The molecule has 2 aromatic heterocycles. The molecule has 0 radical (unpaired) electrons. The molecule has 150 valence electrons. The predicted molar refractivity (Wildman–Crippen MR) is 116 cm³/mol. The maximum absolute atomic E-state index is 13.2. The molecule has 5 heteroatoms. The molecule has 4 rings (SSSR count). The summed E-state index contributed by atoms with van der Waals surface area (Å²) in [5.74, 6) is -0.583. The van der Waals surface area contributed by atoms with Crippen LogP contribution in [-0.4, -0.2) is 11.0 Å². The summed E-state index contributed by atoms with van der Waals surface area (Å²) in [7, 11) is 0. The van der Waals surface area contributed by atoms with Gasteiger partial charge in [0.1, 0.15) is 5.58 Å². The lowest BCUT2D eigenvalue weighted by molar-refractivity contribution is 0.0731. The largest absolute Gasteiger partial charge is 0.452 e. The van der Waals surface area contributed by atoms with E-state index in [0.717, 1.165) is 5.56 Å². The summed E-state index contributed by atoms with van der Waals surface area (Å²) in [6, 6.07) is 17.8. The van der Waals surface area contributed by atoms with Gasteiger partial charge in [-0.25, -0.2) is 4.79 Å². The first-order chi connectivity index (χ1) is 14.3. The summed E-state index contributed by atoms with van der Waals surface area (Å²) >= 11 is 0. The number of para-hydroxylation sites is 1. The van der Waals surface area contributed by atoms with Crippen LogP contribution in [0.5, 0.6) is 5.75 Å². The molecule has 0 unspecified atom stereocenters. The molecule has 0 bridgehead atoms. The Morgan fingerprint density at radius 2 is 1.70 bits per heavy atom. The number of pyridine rings is 1. The molecule has 0 aliphatic rings. The first-order valence-corrected chi connectivity index (χ1v) is 9.63. The third-order valence-electron chi connectivity index (χ3n) is 4.86. The second-order valence-electron chi connectivity index (χ2n) is 8.04. The van der Waals surface area contributed by atoms with E-state index in [1.54, 1.807) is 42.6 Å². The number of hydrogen-bond acceptors (Lipinski definition) is 5. The Morgan fingerprint density at radius 1 is 0.967 bits per heavy atom. The number of aromatic nitrogens is 1. The van der Waals surface area contributed by atoms with Crippen molar-refractivity contribution < 1.29 is 13.9 Å². The van der Waals surface area contributed by atoms with Crippen LogP contribution in [0.15, 0.2) is 82.3 Å². The molecule has 30 heavy (non-hydrogen) atoms. The molecule has 2 aromatic carbocycles. The molecule has 0 saturated heterocycles. The van der Waals surface area contributed by atoms with Gasteiger partial charge in [-0.05, 0) is 35.2 Å². The van der Waals surface area contributed by atoms with E-state index in [9.17, 15) is 9.59 Å². The topological polar surface area (TPSA) is 69.4 Å². The highest BCUT2D eigenvalue weighted by Gasteiger charge is 2.22. The van der Waals surface area contributed by atoms with E-state index in [1.807, 2.05) is 24.3 Å². The molecular formula is C25H21NO4. The number of esters is 1. The minimum atomic E-state index is -0.668. The van der Waals surface area contributed by atoms with Crippen molar-refractivity contribution >= 4 is 16.9 Å². The second-order valence-corrected chi connectivity index (χ2v) is 8.04. The summed E-state index contributed by atoms with van der Waals surface area (Å²) in [4.78, 5) is 29.7.